The van der Waals surface area contributed by atoms with E-state index in [-0.39, 0.29) is 18.0 Å². The first kappa shape index (κ1) is 19.2. The number of hydrogen-bond donors (Lipinski definition) is 0. The van der Waals surface area contributed by atoms with Crippen molar-refractivity contribution in [3.05, 3.63) is 64.6 Å². The largest absolute Gasteiger partial charge is 0.424 e. The molecule has 7 nitrogen and oxygen atoms in total. The number of hydrogen-bond acceptors (Lipinski definition) is 5. The summed E-state index contributed by atoms with van der Waals surface area (Å²) in [6, 6.07) is 16.8. The van der Waals surface area contributed by atoms with Gasteiger partial charge < -0.3 is 9.64 Å². The molecule has 4 rings (SSSR count). The number of aliphatic imine (C=N–C) groups is 1. The van der Waals surface area contributed by atoms with Gasteiger partial charge in [-0.3, -0.25) is 4.79 Å². The highest BCUT2D eigenvalue weighted by molar-refractivity contribution is 9.10. The van der Waals surface area contributed by atoms with Crippen molar-refractivity contribution in [1.82, 2.24) is 9.91 Å². The maximum Gasteiger partial charge on any atom is 0.329 e. The molecule has 146 valence electrons. The Bertz CT molecular complexity index is 998. The first-order chi connectivity index (χ1) is 14.2. The zero-order valence-corrected chi connectivity index (χ0v) is 17.1. The van der Waals surface area contributed by atoms with Gasteiger partial charge in [-0.05, 0) is 30.7 Å². The predicted octanol–water partition coefficient (Wildman–Crippen LogP) is 3.38. The summed E-state index contributed by atoms with van der Waals surface area (Å²) in [7, 11) is 0. The number of likely N-dealkylation sites (tertiary alicyclic amines) is 1. The van der Waals surface area contributed by atoms with Crippen LogP contribution < -0.4 is 4.74 Å². The number of amides is 1. The highest BCUT2D eigenvalue weighted by atomic mass is 79.9. The van der Waals surface area contributed by atoms with Crippen molar-refractivity contribution in [2.75, 3.05) is 13.1 Å². The third-order valence-corrected chi connectivity index (χ3v) is 5.36. The van der Waals surface area contributed by atoms with E-state index in [9.17, 15) is 4.79 Å². The Morgan fingerprint density at radius 2 is 1.97 bits per heavy atom. The number of ether oxygens (including phenoxy) is 1. The number of para-hydroxylation sites is 1. The molecule has 0 saturated carbocycles. The van der Waals surface area contributed by atoms with E-state index in [4.69, 9.17) is 15.1 Å². The highest BCUT2D eigenvalue weighted by Gasteiger charge is 2.39. The molecule has 2 aliphatic heterocycles. The Balaban J connectivity index is 1.68. The summed E-state index contributed by atoms with van der Waals surface area (Å²) in [5, 5.41) is 15.4. The number of nitrogens with zero attached hydrogens (tertiary/aromatic N) is 5. The molecule has 2 aliphatic rings. The average molecular weight is 452 g/mol. The van der Waals surface area contributed by atoms with Crippen LogP contribution in [0.25, 0.3) is 0 Å². The van der Waals surface area contributed by atoms with E-state index < -0.39 is 0 Å². The van der Waals surface area contributed by atoms with E-state index >= 15 is 0 Å². The van der Waals surface area contributed by atoms with E-state index in [2.05, 4.69) is 20.9 Å². The smallest absolute Gasteiger partial charge is 0.329 e. The zero-order valence-electron chi connectivity index (χ0n) is 15.5. The Morgan fingerprint density at radius 1 is 1.21 bits per heavy atom. The standard InChI is InChI=1S/C21H18BrN5O2/c22-16-10-8-15(9-11-16)20-18(26-12-4-7-19(26)28)13-27(25-20)21(24-14-23)29-17-5-2-1-3-6-17/h1-3,5-6,8-11,18H,4,7,12-13H2. The van der Waals surface area contributed by atoms with Crippen molar-refractivity contribution < 1.29 is 9.53 Å². The average Bonchev–Trinajstić information content (AvgIpc) is 3.35. The summed E-state index contributed by atoms with van der Waals surface area (Å²) in [6.45, 7) is 1.07. The Labute approximate surface area is 177 Å². The van der Waals surface area contributed by atoms with E-state index in [1.807, 2.05) is 47.4 Å². The van der Waals surface area contributed by atoms with E-state index in [0.29, 0.717) is 25.3 Å². The minimum Gasteiger partial charge on any atom is -0.424 e. The van der Waals surface area contributed by atoms with Gasteiger partial charge >= 0.3 is 6.02 Å². The first-order valence-corrected chi connectivity index (χ1v) is 10.1. The van der Waals surface area contributed by atoms with Crippen molar-refractivity contribution in [1.29, 1.82) is 5.26 Å². The quantitative estimate of drug-likeness (QED) is 0.406. The van der Waals surface area contributed by atoms with Crippen molar-refractivity contribution in [2.45, 2.75) is 18.9 Å². The van der Waals surface area contributed by atoms with Gasteiger partial charge in [-0.25, -0.2) is 5.01 Å². The number of benzene rings is 2. The predicted molar refractivity (Wildman–Crippen MR) is 112 cm³/mol. The van der Waals surface area contributed by atoms with Gasteiger partial charge in [0.2, 0.25) is 12.1 Å². The van der Waals surface area contributed by atoms with Crippen LogP contribution in [0.1, 0.15) is 18.4 Å². The molecule has 1 atom stereocenters. The zero-order chi connectivity index (χ0) is 20.2. The highest BCUT2D eigenvalue weighted by Crippen LogP contribution is 2.25. The Morgan fingerprint density at radius 3 is 2.62 bits per heavy atom. The SMILES string of the molecule is N#CN=C(Oc1ccccc1)N1CC(N2CCCC2=O)C(c2ccc(Br)cc2)=N1. The molecule has 0 aromatic heterocycles. The maximum atomic E-state index is 12.4. The second kappa shape index (κ2) is 8.45. The van der Waals surface area contributed by atoms with Crippen LogP contribution in [0.3, 0.4) is 0 Å². The van der Waals surface area contributed by atoms with Gasteiger partial charge in [0.15, 0.2) is 0 Å². The van der Waals surface area contributed by atoms with Gasteiger partial charge in [0, 0.05) is 23.0 Å². The fraction of sp³-hybridized carbons (Fsp3) is 0.238. The van der Waals surface area contributed by atoms with Crippen LogP contribution in [0.4, 0.5) is 0 Å². The number of hydrazone groups is 1. The minimum absolute atomic E-state index is 0.0856. The summed E-state index contributed by atoms with van der Waals surface area (Å²) < 4.78 is 6.78. The topological polar surface area (TPSA) is 81.3 Å². The molecule has 2 aromatic rings. The molecule has 0 radical (unpaired) electrons. The molecule has 2 aromatic carbocycles. The lowest BCUT2D eigenvalue weighted by Gasteiger charge is -2.25. The first-order valence-electron chi connectivity index (χ1n) is 9.27. The fourth-order valence-electron chi connectivity index (χ4n) is 3.49. The molecule has 2 heterocycles. The summed E-state index contributed by atoms with van der Waals surface area (Å²) in [6.07, 6.45) is 3.17. The number of amidine groups is 1. The van der Waals surface area contributed by atoms with Crippen LogP contribution in [0.5, 0.6) is 5.75 Å². The van der Waals surface area contributed by atoms with Crippen molar-refractivity contribution in [3.63, 3.8) is 0 Å². The second-order valence-electron chi connectivity index (χ2n) is 6.69. The lowest BCUT2D eigenvalue weighted by atomic mass is 10.0. The molecule has 1 amide bonds. The van der Waals surface area contributed by atoms with Crippen LogP contribution in [0, 0.1) is 11.5 Å². The molecular formula is C21H18BrN5O2. The molecule has 1 fully saturated rings. The van der Waals surface area contributed by atoms with Gasteiger partial charge in [-0.1, -0.05) is 46.3 Å². The normalized spacial score (nSPS) is 19.3. The van der Waals surface area contributed by atoms with Crippen LogP contribution in [-0.4, -0.2) is 46.7 Å². The molecular weight excluding hydrogens is 434 g/mol. The number of carbonyl (C=O) groups is 1. The van der Waals surface area contributed by atoms with Crippen LogP contribution in [-0.2, 0) is 4.79 Å². The molecule has 1 saturated heterocycles. The molecule has 0 aliphatic carbocycles. The van der Waals surface area contributed by atoms with Gasteiger partial charge in [-0.15, -0.1) is 4.99 Å². The van der Waals surface area contributed by atoms with Crippen molar-refractivity contribution in [2.24, 2.45) is 10.1 Å². The summed E-state index contributed by atoms with van der Waals surface area (Å²) in [5.41, 5.74) is 1.67. The maximum absolute atomic E-state index is 12.4. The molecule has 1 unspecified atom stereocenters. The molecule has 0 spiro atoms. The third-order valence-electron chi connectivity index (χ3n) is 4.83. The molecule has 0 bridgehead atoms. The van der Waals surface area contributed by atoms with Crippen molar-refractivity contribution in [3.8, 4) is 11.9 Å². The van der Waals surface area contributed by atoms with E-state index in [1.165, 1.54) is 0 Å². The van der Waals surface area contributed by atoms with Crippen molar-refractivity contribution >= 4 is 33.6 Å². The second-order valence-corrected chi connectivity index (χ2v) is 7.61. The van der Waals surface area contributed by atoms with Crippen LogP contribution in [0.15, 0.2) is 69.2 Å². The summed E-state index contributed by atoms with van der Waals surface area (Å²) in [5.74, 6) is 0.673. The fourth-order valence-corrected chi connectivity index (χ4v) is 3.76. The van der Waals surface area contributed by atoms with Gasteiger partial charge in [0.05, 0.1) is 18.3 Å². The van der Waals surface area contributed by atoms with Gasteiger partial charge in [0.1, 0.15) is 5.75 Å². The lowest BCUT2D eigenvalue weighted by molar-refractivity contribution is -0.128. The summed E-state index contributed by atoms with van der Waals surface area (Å²) >= 11 is 3.45. The van der Waals surface area contributed by atoms with Gasteiger partial charge in [0.25, 0.3) is 0 Å². The summed E-state index contributed by atoms with van der Waals surface area (Å²) in [4.78, 5) is 18.1. The molecule has 29 heavy (non-hydrogen) atoms. The van der Waals surface area contributed by atoms with Crippen LogP contribution >= 0.6 is 15.9 Å². The number of halogens is 1. The Kier molecular flexibility index (Phi) is 5.58. The number of carbonyl (C=O) groups excluding carboxylic acids is 1. The minimum atomic E-state index is -0.227. The van der Waals surface area contributed by atoms with Crippen LogP contribution in [0.2, 0.25) is 0 Å². The van der Waals surface area contributed by atoms with E-state index in [1.54, 1.807) is 23.3 Å². The number of rotatable bonds is 3. The van der Waals surface area contributed by atoms with E-state index in [0.717, 1.165) is 22.2 Å². The Hall–Kier alpha value is -3.18. The third kappa shape index (κ3) is 4.15. The molecule has 0 N–H and O–H groups in total. The monoisotopic (exact) mass is 451 g/mol. The molecule has 8 heteroatoms. The van der Waals surface area contributed by atoms with Gasteiger partial charge in [-0.2, -0.15) is 10.4 Å². The number of nitriles is 1. The lowest BCUT2D eigenvalue weighted by Crippen LogP contribution is -2.45.